The first-order valence-corrected chi connectivity index (χ1v) is 13.3. The van der Waals surface area contributed by atoms with Gasteiger partial charge in [-0.05, 0) is 43.9 Å². The lowest BCUT2D eigenvalue weighted by atomic mass is 10.1. The highest BCUT2D eigenvalue weighted by molar-refractivity contribution is 6.33. The number of anilines is 1. The summed E-state index contributed by atoms with van der Waals surface area (Å²) in [5.74, 6) is 0.788. The van der Waals surface area contributed by atoms with Crippen molar-refractivity contribution in [1.82, 2.24) is 33.7 Å². The topological polar surface area (TPSA) is 119 Å². The van der Waals surface area contributed by atoms with Crippen LogP contribution in [0, 0.1) is 17.2 Å². The van der Waals surface area contributed by atoms with Gasteiger partial charge in [-0.15, -0.1) is 0 Å². The maximum Gasteiger partial charge on any atom is 0.284 e. The standard InChI is InChI=1S/C27H24ClN9O2/c28-19-9-10-36-23(19)27(38)37(18-6-2-1-3-7-18)24(33-36)20-12-17(13-29)14-34(20)25-22-26(31-15-30-25)35(16-32-22)21-8-4-5-11-39-21/h1-3,6-7,9-10,15-17,20-21H,4-5,8,11-12,14H2/t17?,20-,21?/m0/s1. The number of rotatable bonds is 4. The monoisotopic (exact) mass is 541 g/mol. The molecule has 4 aromatic heterocycles. The number of halogens is 1. The number of nitriles is 1. The van der Waals surface area contributed by atoms with Gasteiger partial charge in [-0.3, -0.25) is 13.9 Å². The highest BCUT2D eigenvalue weighted by atomic mass is 35.5. The van der Waals surface area contributed by atoms with Crippen LogP contribution in [-0.4, -0.2) is 46.9 Å². The number of ether oxygens (including phenoxy) is 1. The minimum Gasteiger partial charge on any atom is -0.358 e. The number of nitrogens with zero attached hydrogens (tertiary/aromatic N) is 9. The van der Waals surface area contributed by atoms with E-state index < -0.39 is 6.04 Å². The van der Waals surface area contributed by atoms with E-state index in [4.69, 9.17) is 26.4 Å². The molecule has 0 spiro atoms. The Bertz CT molecular complexity index is 1780. The van der Waals surface area contributed by atoms with Gasteiger partial charge >= 0.3 is 0 Å². The van der Waals surface area contributed by atoms with Gasteiger partial charge in [0, 0.05) is 19.3 Å². The molecule has 2 fully saturated rings. The first-order chi connectivity index (χ1) is 19.1. The fourth-order valence-electron chi connectivity index (χ4n) is 5.70. The van der Waals surface area contributed by atoms with Gasteiger partial charge in [0.05, 0.1) is 35.1 Å². The fourth-order valence-corrected chi connectivity index (χ4v) is 5.93. The second-order valence-corrected chi connectivity index (χ2v) is 10.3. The van der Waals surface area contributed by atoms with Crippen LogP contribution in [0.3, 0.4) is 0 Å². The van der Waals surface area contributed by atoms with Gasteiger partial charge in [0.25, 0.3) is 5.56 Å². The molecule has 2 aliphatic heterocycles. The summed E-state index contributed by atoms with van der Waals surface area (Å²) in [6.45, 7) is 1.12. The van der Waals surface area contributed by atoms with Gasteiger partial charge in [0.2, 0.25) is 0 Å². The molecule has 2 saturated heterocycles. The minimum absolute atomic E-state index is 0.126. The number of imidazole rings is 1. The molecule has 3 atom stereocenters. The van der Waals surface area contributed by atoms with Gasteiger partial charge < -0.3 is 9.64 Å². The maximum absolute atomic E-state index is 13.9. The van der Waals surface area contributed by atoms with E-state index in [2.05, 4.69) is 16.0 Å². The summed E-state index contributed by atoms with van der Waals surface area (Å²) < 4.78 is 11.0. The van der Waals surface area contributed by atoms with Gasteiger partial charge in [0.1, 0.15) is 18.1 Å². The summed E-state index contributed by atoms with van der Waals surface area (Å²) in [7, 11) is 0. The molecule has 0 radical (unpaired) electrons. The molecule has 2 unspecified atom stereocenters. The Labute approximate surface area is 227 Å². The van der Waals surface area contributed by atoms with Crippen molar-refractivity contribution in [3.63, 3.8) is 0 Å². The fraction of sp³-hybridized carbons (Fsp3) is 0.333. The Morgan fingerprint density at radius 2 is 1.97 bits per heavy atom. The first-order valence-electron chi connectivity index (χ1n) is 12.9. The third kappa shape index (κ3) is 3.87. The van der Waals surface area contributed by atoms with Crippen molar-refractivity contribution in [3.8, 4) is 11.8 Å². The Kier molecular flexibility index (Phi) is 5.79. The number of fused-ring (bicyclic) bond motifs is 2. The summed E-state index contributed by atoms with van der Waals surface area (Å²) in [6, 6.07) is 13.0. The average molecular weight is 542 g/mol. The summed E-state index contributed by atoms with van der Waals surface area (Å²) in [5.41, 5.74) is 1.96. The smallest absolute Gasteiger partial charge is 0.284 e. The van der Waals surface area contributed by atoms with E-state index in [9.17, 15) is 10.1 Å². The van der Waals surface area contributed by atoms with Crippen LogP contribution in [0.15, 0.2) is 60.0 Å². The molecule has 39 heavy (non-hydrogen) atoms. The summed E-state index contributed by atoms with van der Waals surface area (Å²) in [5, 5.41) is 15.1. The van der Waals surface area contributed by atoms with Crippen molar-refractivity contribution >= 4 is 34.1 Å². The molecule has 5 aromatic rings. The van der Waals surface area contributed by atoms with Crippen LogP contribution in [0.5, 0.6) is 0 Å². The molecule has 0 bridgehead atoms. The minimum atomic E-state index is -0.428. The van der Waals surface area contributed by atoms with Crippen LogP contribution in [0.2, 0.25) is 5.02 Å². The molecule has 7 rings (SSSR count). The molecule has 1 aromatic carbocycles. The van der Waals surface area contributed by atoms with Gasteiger partial charge in [-0.25, -0.2) is 19.5 Å². The summed E-state index contributed by atoms with van der Waals surface area (Å²) >= 11 is 6.39. The quantitative estimate of drug-likeness (QED) is 0.334. The van der Waals surface area contributed by atoms with E-state index in [1.165, 1.54) is 10.8 Å². The van der Waals surface area contributed by atoms with E-state index >= 15 is 0 Å². The van der Waals surface area contributed by atoms with Crippen LogP contribution in [0.25, 0.3) is 22.4 Å². The lowest BCUT2D eigenvalue weighted by Crippen LogP contribution is -2.33. The molecule has 0 aliphatic carbocycles. The maximum atomic E-state index is 13.9. The molecule has 0 saturated carbocycles. The Morgan fingerprint density at radius 3 is 2.77 bits per heavy atom. The van der Waals surface area contributed by atoms with Gasteiger partial charge in [0.15, 0.2) is 22.8 Å². The second-order valence-electron chi connectivity index (χ2n) is 9.86. The highest BCUT2D eigenvalue weighted by Crippen LogP contribution is 2.40. The van der Waals surface area contributed by atoms with Crippen LogP contribution < -0.4 is 10.5 Å². The van der Waals surface area contributed by atoms with E-state index in [1.807, 2.05) is 39.8 Å². The molecule has 0 amide bonds. The van der Waals surface area contributed by atoms with Crippen LogP contribution in [0.4, 0.5) is 5.82 Å². The Hall–Kier alpha value is -4.27. The molecule has 0 N–H and O–H groups in total. The van der Waals surface area contributed by atoms with Crippen molar-refractivity contribution in [2.75, 3.05) is 18.1 Å². The number of hydrogen-bond donors (Lipinski definition) is 0. The van der Waals surface area contributed by atoms with E-state index in [1.54, 1.807) is 23.2 Å². The summed E-state index contributed by atoms with van der Waals surface area (Å²) in [6.07, 6.45) is 8.29. The Balaban J connectivity index is 1.41. The molecule has 6 heterocycles. The molecule has 11 nitrogen and oxygen atoms in total. The average Bonchev–Trinajstić information content (AvgIpc) is 3.70. The van der Waals surface area contributed by atoms with Crippen molar-refractivity contribution in [1.29, 1.82) is 5.26 Å². The molecule has 196 valence electrons. The zero-order chi connectivity index (χ0) is 26.5. The highest BCUT2D eigenvalue weighted by Gasteiger charge is 2.39. The van der Waals surface area contributed by atoms with E-state index in [0.29, 0.717) is 58.6 Å². The predicted octanol–water partition coefficient (Wildman–Crippen LogP) is 4.07. The lowest BCUT2D eigenvalue weighted by molar-refractivity contribution is -0.0298. The molecule has 2 aliphatic rings. The largest absolute Gasteiger partial charge is 0.358 e. The van der Waals surface area contributed by atoms with Crippen molar-refractivity contribution in [2.45, 2.75) is 38.0 Å². The third-order valence-corrected chi connectivity index (χ3v) is 7.84. The normalized spacial score (nSPS) is 21.5. The zero-order valence-electron chi connectivity index (χ0n) is 20.9. The molecular weight excluding hydrogens is 518 g/mol. The van der Waals surface area contributed by atoms with Crippen molar-refractivity contribution in [2.24, 2.45) is 5.92 Å². The predicted molar refractivity (Wildman–Crippen MR) is 144 cm³/mol. The van der Waals surface area contributed by atoms with Crippen LogP contribution in [0.1, 0.15) is 43.8 Å². The van der Waals surface area contributed by atoms with Gasteiger partial charge in [-0.2, -0.15) is 10.4 Å². The number of para-hydroxylation sites is 1. The van der Waals surface area contributed by atoms with Crippen molar-refractivity contribution < 1.29 is 4.74 Å². The van der Waals surface area contributed by atoms with E-state index in [-0.39, 0.29) is 17.7 Å². The lowest BCUT2D eigenvalue weighted by Gasteiger charge is -2.27. The summed E-state index contributed by atoms with van der Waals surface area (Å²) in [4.78, 5) is 29.7. The number of aromatic nitrogens is 7. The Morgan fingerprint density at radius 1 is 1.10 bits per heavy atom. The third-order valence-electron chi connectivity index (χ3n) is 7.54. The molecule has 12 heteroatoms. The van der Waals surface area contributed by atoms with Crippen LogP contribution >= 0.6 is 11.6 Å². The van der Waals surface area contributed by atoms with E-state index in [0.717, 1.165) is 19.3 Å². The first kappa shape index (κ1) is 23.8. The van der Waals surface area contributed by atoms with Crippen LogP contribution in [-0.2, 0) is 4.74 Å². The molecular formula is C27H24ClN9O2. The zero-order valence-corrected chi connectivity index (χ0v) is 21.6. The van der Waals surface area contributed by atoms with Gasteiger partial charge in [-0.1, -0.05) is 29.8 Å². The van der Waals surface area contributed by atoms with Crippen molar-refractivity contribution in [3.05, 3.63) is 76.5 Å². The number of hydrogen-bond acceptors (Lipinski definition) is 8. The number of benzene rings is 1. The SMILES string of the molecule is N#CC1C[C@@H](c2nn3ccc(Cl)c3c(=O)n2-c2ccccc2)N(c2ncnc3c2ncn3C2CCCCO2)C1. The second kappa shape index (κ2) is 9.48.